The Balaban J connectivity index is 1.53. The van der Waals surface area contributed by atoms with Gasteiger partial charge in [-0.05, 0) is 61.7 Å². The van der Waals surface area contributed by atoms with E-state index in [-0.39, 0.29) is 5.91 Å². The fraction of sp³-hybridized carbons (Fsp3) is 0.261. The van der Waals surface area contributed by atoms with Crippen LogP contribution in [-0.2, 0) is 11.3 Å². The molecule has 0 radical (unpaired) electrons. The van der Waals surface area contributed by atoms with Crippen LogP contribution < -0.4 is 4.90 Å². The maximum absolute atomic E-state index is 13.2. The number of aryl methyl sites for hydroxylation is 3. The monoisotopic (exact) mass is 470 g/mol. The lowest BCUT2D eigenvalue weighted by Crippen LogP contribution is -2.33. The molecule has 0 spiro atoms. The predicted molar refractivity (Wildman–Crippen MR) is 130 cm³/mol. The zero-order chi connectivity index (χ0) is 21.8. The summed E-state index contributed by atoms with van der Waals surface area (Å²) in [4.78, 5) is 25.0. The highest BCUT2D eigenvalue weighted by atomic mass is 35.5. The van der Waals surface area contributed by atoms with E-state index in [1.165, 1.54) is 22.9 Å². The van der Waals surface area contributed by atoms with E-state index in [1.807, 2.05) is 39.9 Å². The quantitative estimate of drug-likeness (QED) is 0.297. The number of halogens is 1. The van der Waals surface area contributed by atoms with E-state index in [0.29, 0.717) is 17.3 Å². The van der Waals surface area contributed by atoms with Gasteiger partial charge in [0.2, 0.25) is 5.91 Å². The van der Waals surface area contributed by atoms with Crippen LogP contribution in [0.15, 0.2) is 60.0 Å². The van der Waals surface area contributed by atoms with Crippen LogP contribution >= 0.6 is 34.7 Å². The average Bonchev–Trinajstić information content (AvgIpc) is 3.40. The zero-order valence-electron chi connectivity index (χ0n) is 17.4. The topological polar surface area (TPSA) is 51.0 Å². The molecule has 1 amide bonds. The first-order chi connectivity index (χ1) is 15.0. The second-order valence-electron chi connectivity index (χ2n) is 7.37. The van der Waals surface area contributed by atoms with Crippen molar-refractivity contribution in [2.75, 3.05) is 17.2 Å². The third-order valence-corrected chi connectivity index (χ3v) is 7.35. The summed E-state index contributed by atoms with van der Waals surface area (Å²) in [6.07, 6.45) is 6.32. The minimum absolute atomic E-state index is 0.0546. The van der Waals surface area contributed by atoms with Crippen LogP contribution in [0.1, 0.15) is 17.5 Å². The number of hydrogen-bond acceptors (Lipinski definition) is 5. The summed E-state index contributed by atoms with van der Waals surface area (Å²) in [6.45, 7) is 5.58. The smallest absolute Gasteiger partial charge is 0.239 e. The summed E-state index contributed by atoms with van der Waals surface area (Å²) in [6, 6.07) is 11.8. The van der Waals surface area contributed by atoms with Gasteiger partial charge in [0.15, 0.2) is 5.13 Å². The van der Waals surface area contributed by atoms with Crippen LogP contribution in [0.5, 0.6) is 0 Å². The highest BCUT2D eigenvalue weighted by molar-refractivity contribution is 8.00. The molecule has 0 N–H and O–H groups in total. The number of rotatable bonds is 8. The number of amides is 1. The van der Waals surface area contributed by atoms with E-state index >= 15 is 0 Å². The average molecular weight is 471 g/mol. The number of hydrogen-bond donors (Lipinski definition) is 0. The van der Waals surface area contributed by atoms with Gasteiger partial charge in [0.25, 0.3) is 0 Å². The lowest BCUT2D eigenvalue weighted by Gasteiger charge is -2.20. The lowest BCUT2D eigenvalue weighted by atomic mass is 10.1. The molecular weight excluding hydrogens is 448 g/mol. The molecule has 0 bridgehead atoms. The number of thiazole rings is 1. The normalized spacial score (nSPS) is 11.2. The van der Waals surface area contributed by atoms with Crippen molar-refractivity contribution in [3.8, 4) is 0 Å². The third-order valence-electron chi connectivity index (χ3n) is 4.87. The van der Waals surface area contributed by atoms with Crippen molar-refractivity contribution in [1.29, 1.82) is 0 Å². The van der Waals surface area contributed by atoms with Crippen LogP contribution in [0.3, 0.4) is 0 Å². The van der Waals surface area contributed by atoms with E-state index in [1.54, 1.807) is 23.9 Å². The van der Waals surface area contributed by atoms with E-state index in [4.69, 9.17) is 16.6 Å². The molecule has 0 aliphatic carbocycles. The maximum Gasteiger partial charge on any atom is 0.239 e. The Kier molecular flexibility index (Phi) is 6.95. The first-order valence-corrected chi connectivity index (χ1v) is 12.2. The predicted octanol–water partition coefficient (Wildman–Crippen LogP) is 5.98. The van der Waals surface area contributed by atoms with Crippen molar-refractivity contribution in [2.45, 2.75) is 31.7 Å². The molecule has 0 aliphatic rings. The second kappa shape index (κ2) is 9.85. The Morgan fingerprint density at radius 2 is 2.03 bits per heavy atom. The van der Waals surface area contributed by atoms with E-state index in [0.717, 1.165) is 33.2 Å². The molecule has 5 nitrogen and oxygen atoms in total. The van der Waals surface area contributed by atoms with Crippen molar-refractivity contribution in [3.05, 3.63) is 71.3 Å². The Morgan fingerprint density at radius 3 is 2.77 bits per heavy atom. The molecule has 0 saturated carbocycles. The Labute approximate surface area is 195 Å². The van der Waals surface area contributed by atoms with Crippen LogP contribution in [0.4, 0.5) is 5.13 Å². The number of thioether (sulfide) groups is 1. The first kappa shape index (κ1) is 21.9. The van der Waals surface area contributed by atoms with E-state index in [9.17, 15) is 4.79 Å². The Bertz CT molecular complexity index is 1170. The molecule has 0 atom stereocenters. The second-order valence-corrected chi connectivity index (χ2v) is 9.83. The van der Waals surface area contributed by atoms with Gasteiger partial charge in [0.1, 0.15) is 0 Å². The molecule has 0 saturated heterocycles. The van der Waals surface area contributed by atoms with Gasteiger partial charge in [0.05, 0.1) is 22.3 Å². The third kappa shape index (κ3) is 5.47. The van der Waals surface area contributed by atoms with Crippen LogP contribution in [0, 0.1) is 13.8 Å². The molecule has 160 valence electrons. The van der Waals surface area contributed by atoms with Gasteiger partial charge in [-0.3, -0.25) is 9.69 Å². The highest BCUT2D eigenvalue weighted by Gasteiger charge is 2.20. The fourth-order valence-corrected chi connectivity index (χ4v) is 5.35. The number of aromatic nitrogens is 3. The number of fused-ring (bicyclic) bond motifs is 1. The van der Waals surface area contributed by atoms with Gasteiger partial charge in [-0.2, -0.15) is 0 Å². The molecule has 4 rings (SSSR count). The van der Waals surface area contributed by atoms with Crippen LogP contribution in [-0.4, -0.2) is 32.7 Å². The maximum atomic E-state index is 13.2. The molecule has 0 aliphatic heterocycles. The summed E-state index contributed by atoms with van der Waals surface area (Å²) in [5.74, 6) is 0.403. The molecule has 0 unspecified atom stereocenters. The van der Waals surface area contributed by atoms with Crippen LogP contribution in [0.2, 0.25) is 5.02 Å². The van der Waals surface area contributed by atoms with Gasteiger partial charge < -0.3 is 4.57 Å². The Morgan fingerprint density at radius 1 is 1.23 bits per heavy atom. The number of nitrogens with zero attached hydrogens (tertiary/aromatic N) is 4. The van der Waals surface area contributed by atoms with Gasteiger partial charge in [-0.15, -0.1) is 11.8 Å². The number of anilines is 1. The summed E-state index contributed by atoms with van der Waals surface area (Å²) in [7, 11) is 0. The molecule has 8 heteroatoms. The summed E-state index contributed by atoms with van der Waals surface area (Å²) in [5.41, 5.74) is 3.33. The number of imidazole rings is 1. The van der Waals surface area contributed by atoms with Crippen LogP contribution in [0.25, 0.3) is 10.2 Å². The van der Waals surface area contributed by atoms with Crippen molar-refractivity contribution >= 4 is 56.0 Å². The first-order valence-electron chi connectivity index (χ1n) is 10.0. The minimum Gasteiger partial charge on any atom is -0.337 e. The standard InChI is InChI=1S/C23H23ClN4OS2/c1-16-12-17(2)22-20(13-16)26-23(31-22)28(10-3-9-27-11-8-25-15-27)21(29)14-30-19-6-4-18(24)5-7-19/h4-8,11-13,15H,3,9-10,14H2,1-2H3. The fourth-order valence-electron chi connectivity index (χ4n) is 3.39. The van der Waals surface area contributed by atoms with Crippen molar-refractivity contribution in [3.63, 3.8) is 0 Å². The van der Waals surface area contributed by atoms with Gasteiger partial charge in [-0.1, -0.05) is 29.0 Å². The lowest BCUT2D eigenvalue weighted by molar-refractivity contribution is -0.116. The van der Waals surface area contributed by atoms with Gasteiger partial charge in [0, 0.05) is 35.4 Å². The summed E-state index contributed by atoms with van der Waals surface area (Å²) < 4.78 is 3.16. The Hall–Kier alpha value is -2.35. The summed E-state index contributed by atoms with van der Waals surface area (Å²) in [5, 5.41) is 1.45. The number of carbonyl (C=O) groups is 1. The number of carbonyl (C=O) groups excluding carboxylic acids is 1. The van der Waals surface area contributed by atoms with Crippen molar-refractivity contribution < 1.29 is 4.79 Å². The minimum atomic E-state index is 0.0546. The molecule has 0 fully saturated rings. The van der Waals surface area contributed by atoms with E-state index < -0.39 is 0 Å². The molecule has 2 aromatic heterocycles. The van der Waals surface area contributed by atoms with E-state index in [2.05, 4.69) is 31.0 Å². The van der Waals surface area contributed by atoms with Crippen molar-refractivity contribution in [2.24, 2.45) is 0 Å². The number of benzene rings is 2. The van der Waals surface area contributed by atoms with Crippen molar-refractivity contribution in [1.82, 2.24) is 14.5 Å². The van der Waals surface area contributed by atoms with Gasteiger partial charge in [-0.25, -0.2) is 9.97 Å². The zero-order valence-corrected chi connectivity index (χ0v) is 19.8. The van der Waals surface area contributed by atoms with Gasteiger partial charge >= 0.3 is 0 Å². The SMILES string of the molecule is Cc1cc(C)c2sc(N(CCCn3ccnc3)C(=O)CSc3ccc(Cl)cc3)nc2c1. The summed E-state index contributed by atoms with van der Waals surface area (Å²) >= 11 is 9.07. The molecule has 2 heterocycles. The molecule has 4 aromatic rings. The highest BCUT2D eigenvalue weighted by Crippen LogP contribution is 2.33. The molecule has 31 heavy (non-hydrogen) atoms. The largest absolute Gasteiger partial charge is 0.337 e. The molecule has 2 aromatic carbocycles. The molecular formula is C23H23ClN4OS2.